The molecule has 0 aliphatic carbocycles. The first-order valence-electron chi connectivity index (χ1n) is 11.2. The lowest BCUT2D eigenvalue weighted by atomic mass is 10.1. The number of halogens is 1. The Kier molecular flexibility index (Phi) is 6.57. The average Bonchev–Trinajstić information content (AvgIpc) is 2.85. The zero-order valence-corrected chi connectivity index (χ0v) is 19.0. The Hall–Kier alpha value is -2.94. The smallest absolute Gasteiger partial charge is 0.255 e. The van der Waals surface area contributed by atoms with Crippen molar-refractivity contribution >= 4 is 40.0 Å². The summed E-state index contributed by atoms with van der Waals surface area (Å²) in [5, 5.41) is 7.84. The summed E-state index contributed by atoms with van der Waals surface area (Å²) < 4.78 is 11.6. The molecule has 1 aromatic heterocycles. The number of morpholine rings is 1. The Morgan fingerprint density at radius 1 is 1.18 bits per heavy atom. The van der Waals surface area contributed by atoms with Crippen molar-refractivity contribution in [1.29, 1.82) is 0 Å². The molecule has 1 amide bonds. The number of aromatic nitrogens is 2. The van der Waals surface area contributed by atoms with Gasteiger partial charge in [0, 0.05) is 30.4 Å². The molecule has 2 fully saturated rings. The van der Waals surface area contributed by atoms with E-state index in [1.54, 1.807) is 23.2 Å². The van der Waals surface area contributed by atoms with E-state index in [2.05, 4.69) is 15.6 Å². The fraction of sp³-hybridized carbons (Fsp3) is 0.375. The van der Waals surface area contributed by atoms with Gasteiger partial charge < -0.3 is 25.0 Å². The molecule has 0 spiro atoms. The Morgan fingerprint density at radius 3 is 2.79 bits per heavy atom. The van der Waals surface area contributed by atoms with Crippen LogP contribution in [0.25, 0.3) is 10.9 Å². The van der Waals surface area contributed by atoms with Crippen LogP contribution in [-0.2, 0) is 4.74 Å². The fourth-order valence-corrected chi connectivity index (χ4v) is 4.37. The predicted molar refractivity (Wildman–Crippen MR) is 128 cm³/mol. The van der Waals surface area contributed by atoms with E-state index in [1.807, 2.05) is 24.3 Å². The van der Waals surface area contributed by atoms with Gasteiger partial charge in [-0.3, -0.25) is 4.79 Å². The second kappa shape index (κ2) is 9.91. The normalized spacial score (nSPS) is 17.2. The molecular weight excluding hydrogens is 442 g/mol. The van der Waals surface area contributed by atoms with Gasteiger partial charge in [-0.15, -0.1) is 0 Å². The number of hydrogen-bond donors (Lipinski definition) is 2. The van der Waals surface area contributed by atoms with Gasteiger partial charge in [-0.25, -0.2) is 9.97 Å². The number of rotatable bonds is 5. The molecule has 3 heterocycles. The molecule has 0 atom stereocenters. The van der Waals surface area contributed by atoms with E-state index in [-0.39, 0.29) is 12.0 Å². The number of hydrogen-bond acceptors (Lipinski definition) is 7. The van der Waals surface area contributed by atoms with E-state index in [0.29, 0.717) is 48.5 Å². The maximum atomic E-state index is 12.8. The molecular formula is C24H26ClN5O3. The summed E-state index contributed by atoms with van der Waals surface area (Å²) in [6.45, 7) is 4.16. The number of nitrogens with one attached hydrogen (secondary N) is 2. The number of piperidine rings is 1. The lowest BCUT2D eigenvalue weighted by Crippen LogP contribution is -2.40. The molecule has 2 saturated heterocycles. The van der Waals surface area contributed by atoms with Crippen molar-refractivity contribution in [2.75, 3.05) is 44.7 Å². The van der Waals surface area contributed by atoms with Gasteiger partial charge in [0.1, 0.15) is 17.4 Å². The second-order valence-electron chi connectivity index (χ2n) is 8.18. The largest absolute Gasteiger partial charge is 0.488 e. The highest BCUT2D eigenvalue weighted by Gasteiger charge is 2.21. The predicted octanol–water partition coefficient (Wildman–Crippen LogP) is 3.63. The van der Waals surface area contributed by atoms with E-state index in [1.165, 1.54) is 0 Å². The molecule has 33 heavy (non-hydrogen) atoms. The number of fused-ring (bicyclic) bond motifs is 1. The fourth-order valence-electron chi connectivity index (χ4n) is 4.11. The van der Waals surface area contributed by atoms with E-state index in [4.69, 9.17) is 26.1 Å². The van der Waals surface area contributed by atoms with E-state index < -0.39 is 0 Å². The average molecular weight is 468 g/mol. The number of carbonyl (C=O) groups is 1. The van der Waals surface area contributed by atoms with Crippen LogP contribution in [0, 0.1) is 0 Å². The van der Waals surface area contributed by atoms with Gasteiger partial charge >= 0.3 is 0 Å². The molecule has 2 aliphatic rings. The molecule has 2 aromatic carbocycles. The highest BCUT2D eigenvalue weighted by Crippen LogP contribution is 2.28. The van der Waals surface area contributed by atoms with Gasteiger partial charge in [0.25, 0.3) is 5.91 Å². The maximum absolute atomic E-state index is 12.8. The minimum absolute atomic E-state index is 0.0866. The minimum atomic E-state index is -0.0866. The lowest BCUT2D eigenvalue weighted by molar-refractivity contribution is 0.0303. The summed E-state index contributed by atoms with van der Waals surface area (Å²) in [5.74, 6) is 1.11. The second-order valence-corrected chi connectivity index (χ2v) is 8.59. The summed E-state index contributed by atoms with van der Waals surface area (Å²) in [4.78, 5) is 23.7. The van der Waals surface area contributed by atoms with Gasteiger partial charge in [0.15, 0.2) is 0 Å². The monoisotopic (exact) mass is 467 g/mol. The van der Waals surface area contributed by atoms with Crippen LogP contribution in [0.3, 0.4) is 0 Å². The van der Waals surface area contributed by atoms with E-state index in [0.717, 1.165) is 42.6 Å². The van der Waals surface area contributed by atoms with Gasteiger partial charge in [0.05, 0.1) is 23.8 Å². The van der Waals surface area contributed by atoms with Crippen molar-refractivity contribution < 1.29 is 14.3 Å². The van der Waals surface area contributed by atoms with Crippen LogP contribution < -0.4 is 15.4 Å². The molecule has 9 heteroatoms. The number of benzene rings is 2. The quantitative estimate of drug-likeness (QED) is 0.592. The first-order valence-corrected chi connectivity index (χ1v) is 11.6. The SMILES string of the molecule is O=C(c1ccc(Nc2ncc3cccc(OC4CCNCC4)c3n2)cc1Cl)N1CCOCC1. The number of nitrogens with zero attached hydrogens (tertiary/aromatic N) is 3. The summed E-state index contributed by atoms with van der Waals surface area (Å²) in [6.07, 6.45) is 3.90. The standard InChI is InChI=1S/C24H26ClN5O3/c25-20-14-17(4-5-19(20)23(31)30-10-12-32-13-11-30)28-24-27-15-16-2-1-3-21(22(16)29-24)33-18-6-8-26-9-7-18/h1-5,14-15,18,26H,6-13H2,(H,27,28,29). The molecule has 3 aromatic rings. The first kappa shape index (κ1) is 21.9. The molecule has 172 valence electrons. The van der Waals surface area contributed by atoms with Crippen LogP contribution >= 0.6 is 11.6 Å². The van der Waals surface area contributed by atoms with Gasteiger partial charge in [-0.1, -0.05) is 23.7 Å². The third-order valence-electron chi connectivity index (χ3n) is 5.91. The molecule has 2 N–H and O–H groups in total. The van der Waals surface area contributed by atoms with Gasteiger partial charge in [-0.05, 0) is 50.2 Å². The topological polar surface area (TPSA) is 88.6 Å². The van der Waals surface area contributed by atoms with Crippen LogP contribution in [-0.4, -0.2) is 66.3 Å². The summed E-state index contributed by atoms with van der Waals surface area (Å²) >= 11 is 6.45. The van der Waals surface area contributed by atoms with Crippen LogP contribution in [0.4, 0.5) is 11.6 Å². The zero-order valence-electron chi connectivity index (χ0n) is 18.2. The molecule has 5 rings (SSSR count). The maximum Gasteiger partial charge on any atom is 0.255 e. The third kappa shape index (κ3) is 5.03. The highest BCUT2D eigenvalue weighted by atomic mass is 35.5. The van der Waals surface area contributed by atoms with Crippen molar-refractivity contribution in [3.8, 4) is 5.75 Å². The number of ether oxygens (including phenoxy) is 2. The van der Waals surface area contributed by atoms with Crippen LogP contribution in [0.5, 0.6) is 5.75 Å². The highest BCUT2D eigenvalue weighted by molar-refractivity contribution is 6.34. The Labute approximate surface area is 197 Å². The number of carbonyl (C=O) groups excluding carboxylic acids is 1. The van der Waals surface area contributed by atoms with Crippen LogP contribution in [0.1, 0.15) is 23.2 Å². The van der Waals surface area contributed by atoms with E-state index in [9.17, 15) is 4.79 Å². The third-order valence-corrected chi connectivity index (χ3v) is 6.22. The zero-order chi connectivity index (χ0) is 22.6. The van der Waals surface area contributed by atoms with Crippen molar-refractivity contribution in [2.24, 2.45) is 0 Å². The number of amides is 1. The molecule has 0 unspecified atom stereocenters. The molecule has 8 nitrogen and oxygen atoms in total. The molecule has 0 saturated carbocycles. The van der Waals surface area contributed by atoms with Crippen molar-refractivity contribution in [3.05, 3.63) is 53.2 Å². The number of para-hydroxylation sites is 1. The molecule has 2 aliphatic heterocycles. The van der Waals surface area contributed by atoms with Crippen LogP contribution in [0.15, 0.2) is 42.6 Å². The summed E-state index contributed by atoms with van der Waals surface area (Å²) in [5.41, 5.74) is 1.94. The lowest BCUT2D eigenvalue weighted by Gasteiger charge is -2.27. The van der Waals surface area contributed by atoms with Gasteiger partial charge in [0.2, 0.25) is 5.95 Å². The first-order chi connectivity index (χ1) is 16.2. The summed E-state index contributed by atoms with van der Waals surface area (Å²) in [6, 6.07) is 11.1. The number of anilines is 2. The minimum Gasteiger partial charge on any atom is -0.488 e. The molecule has 0 bridgehead atoms. The Bertz CT molecular complexity index is 1150. The van der Waals surface area contributed by atoms with E-state index >= 15 is 0 Å². The summed E-state index contributed by atoms with van der Waals surface area (Å²) in [7, 11) is 0. The van der Waals surface area contributed by atoms with Crippen molar-refractivity contribution in [2.45, 2.75) is 18.9 Å². The Balaban J connectivity index is 1.34. The van der Waals surface area contributed by atoms with Crippen molar-refractivity contribution in [3.63, 3.8) is 0 Å². The van der Waals surface area contributed by atoms with Gasteiger partial charge in [-0.2, -0.15) is 0 Å². The van der Waals surface area contributed by atoms with Crippen LogP contribution in [0.2, 0.25) is 5.02 Å². The Morgan fingerprint density at radius 2 is 2.00 bits per heavy atom. The van der Waals surface area contributed by atoms with Crippen molar-refractivity contribution in [1.82, 2.24) is 20.2 Å². The molecule has 0 radical (unpaired) electrons.